The van der Waals surface area contributed by atoms with Crippen molar-refractivity contribution < 1.29 is 14.5 Å². The van der Waals surface area contributed by atoms with Gasteiger partial charge in [0.1, 0.15) is 0 Å². The lowest BCUT2D eigenvalue weighted by Crippen LogP contribution is -2.21. The molecule has 1 heterocycles. The van der Waals surface area contributed by atoms with Crippen LogP contribution in [0.4, 0.5) is 5.69 Å². The lowest BCUT2D eigenvalue weighted by atomic mass is 10.1. The number of nitro benzene ring substituents is 1. The van der Waals surface area contributed by atoms with E-state index >= 15 is 0 Å². The largest absolute Gasteiger partial charge is 0.462 e. The molecule has 1 aromatic heterocycles. The van der Waals surface area contributed by atoms with Crippen molar-refractivity contribution in [3.63, 3.8) is 0 Å². The normalized spacial score (nSPS) is 10.5. The zero-order valence-electron chi connectivity index (χ0n) is 13.8. The molecular weight excluding hydrogens is 338 g/mol. The highest BCUT2D eigenvalue weighted by atomic mass is 16.6. The Kier molecular flexibility index (Phi) is 4.66. The second-order valence-electron chi connectivity index (χ2n) is 5.33. The first-order valence-electron chi connectivity index (χ1n) is 7.86. The van der Waals surface area contributed by atoms with Crippen LogP contribution in [-0.4, -0.2) is 27.3 Å². The van der Waals surface area contributed by atoms with E-state index in [9.17, 15) is 19.7 Å². The maximum absolute atomic E-state index is 12.8. The second-order valence-corrected chi connectivity index (χ2v) is 5.33. The van der Waals surface area contributed by atoms with Gasteiger partial charge in [-0.25, -0.2) is 9.48 Å². The number of nitro groups is 1. The van der Waals surface area contributed by atoms with Gasteiger partial charge in [-0.05, 0) is 25.1 Å². The van der Waals surface area contributed by atoms with Gasteiger partial charge in [0.2, 0.25) is 0 Å². The number of benzene rings is 2. The van der Waals surface area contributed by atoms with Crippen molar-refractivity contribution in [3.8, 4) is 16.9 Å². The van der Waals surface area contributed by atoms with Crippen molar-refractivity contribution in [3.05, 3.63) is 80.6 Å². The summed E-state index contributed by atoms with van der Waals surface area (Å²) in [6.07, 6.45) is 0. The van der Waals surface area contributed by atoms with Gasteiger partial charge in [-0.3, -0.25) is 20.0 Å². The highest BCUT2D eigenvalue weighted by molar-refractivity contribution is 5.97. The van der Waals surface area contributed by atoms with Gasteiger partial charge >= 0.3 is 5.97 Å². The third kappa shape index (κ3) is 3.00. The minimum absolute atomic E-state index is 0.0459. The number of H-pyrrole nitrogens is 1. The van der Waals surface area contributed by atoms with Gasteiger partial charge in [-0.1, -0.05) is 30.3 Å². The van der Waals surface area contributed by atoms with Crippen LogP contribution in [0.25, 0.3) is 16.9 Å². The molecular formula is C18H15N3O5. The van der Waals surface area contributed by atoms with Gasteiger partial charge < -0.3 is 4.74 Å². The lowest BCUT2D eigenvalue weighted by Gasteiger charge is -2.04. The van der Waals surface area contributed by atoms with Gasteiger partial charge in [0.05, 0.1) is 28.5 Å². The summed E-state index contributed by atoms with van der Waals surface area (Å²) in [7, 11) is 0. The van der Waals surface area contributed by atoms with Crippen molar-refractivity contribution in [2.45, 2.75) is 6.92 Å². The average molecular weight is 353 g/mol. The predicted molar refractivity (Wildman–Crippen MR) is 94.4 cm³/mol. The van der Waals surface area contributed by atoms with Crippen molar-refractivity contribution in [2.24, 2.45) is 0 Å². The summed E-state index contributed by atoms with van der Waals surface area (Å²) >= 11 is 0. The molecule has 0 radical (unpaired) electrons. The molecule has 0 bridgehead atoms. The Hall–Kier alpha value is -3.68. The Labute approximate surface area is 147 Å². The van der Waals surface area contributed by atoms with Crippen LogP contribution >= 0.6 is 0 Å². The molecule has 0 aliphatic heterocycles. The summed E-state index contributed by atoms with van der Waals surface area (Å²) in [5.74, 6) is -0.836. The fourth-order valence-corrected chi connectivity index (χ4v) is 2.63. The molecule has 1 N–H and O–H groups in total. The number of hydrogen-bond acceptors (Lipinski definition) is 5. The van der Waals surface area contributed by atoms with E-state index in [4.69, 9.17) is 4.74 Å². The van der Waals surface area contributed by atoms with E-state index < -0.39 is 16.5 Å². The second kappa shape index (κ2) is 7.06. The van der Waals surface area contributed by atoms with Crippen LogP contribution in [0.3, 0.4) is 0 Å². The lowest BCUT2D eigenvalue weighted by molar-refractivity contribution is -0.384. The maximum Gasteiger partial charge on any atom is 0.346 e. The maximum atomic E-state index is 12.8. The van der Waals surface area contributed by atoms with Crippen LogP contribution in [-0.2, 0) is 4.74 Å². The Morgan fingerprint density at radius 1 is 1.15 bits per heavy atom. The Bertz CT molecular complexity index is 1020. The van der Waals surface area contributed by atoms with Crippen molar-refractivity contribution in [2.75, 3.05) is 6.61 Å². The summed E-state index contributed by atoms with van der Waals surface area (Å²) in [5.41, 5.74) is -0.461. The highest BCUT2D eigenvalue weighted by Gasteiger charge is 2.28. The molecule has 0 atom stereocenters. The summed E-state index contributed by atoms with van der Waals surface area (Å²) in [6.45, 7) is 1.69. The number of aromatic amines is 1. The summed E-state index contributed by atoms with van der Waals surface area (Å²) in [4.78, 5) is 36.0. The monoisotopic (exact) mass is 353 g/mol. The van der Waals surface area contributed by atoms with Gasteiger partial charge in [0.25, 0.3) is 11.2 Å². The molecule has 0 aliphatic rings. The molecule has 3 rings (SSSR count). The number of carbonyl (C=O) groups is 1. The van der Waals surface area contributed by atoms with E-state index in [-0.39, 0.29) is 29.1 Å². The summed E-state index contributed by atoms with van der Waals surface area (Å²) in [6, 6.07) is 14.5. The van der Waals surface area contributed by atoms with Gasteiger partial charge in [0.15, 0.2) is 5.56 Å². The average Bonchev–Trinajstić information content (AvgIpc) is 3.00. The molecule has 8 heteroatoms. The van der Waals surface area contributed by atoms with Crippen molar-refractivity contribution in [1.29, 1.82) is 0 Å². The van der Waals surface area contributed by atoms with Gasteiger partial charge in [0, 0.05) is 6.07 Å². The molecule has 0 saturated carbocycles. The SMILES string of the molecule is CCOC(=O)c1c(-c2ccccc2[N+](=O)[O-])[nH]n(-c2ccccc2)c1=O. The number of para-hydroxylation sites is 2. The van der Waals surface area contributed by atoms with Crippen molar-refractivity contribution in [1.82, 2.24) is 9.78 Å². The molecule has 0 fully saturated rings. The van der Waals surface area contributed by atoms with Crippen LogP contribution in [0.15, 0.2) is 59.4 Å². The van der Waals surface area contributed by atoms with Crippen LogP contribution in [0.2, 0.25) is 0 Å². The number of nitrogens with zero attached hydrogens (tertiary/aromatic N) is 2. The quantitative estimate of drug-likeness (QED) is 0.431. The highest BCUT2D eigenvalue weighted by Crippen LogP contribution is 2.30. The van der Waals surface area contributed by atoms with Crippen LogP contribution in [0.5, 0.6) is 0 Å². The molecule has 0 amide bonds. The first-order valence-corrected chi connectivity index (χ1v) is 7.86. The standard InChI is InChI=1S/C18H15N3O5/c1-2-26-18(23)15-16(13-10-6-7-11-14(13)21(24)25)19-20(17(15)22)12-8-4-3-5-9-12/h3-11,19H,2H2,1H3. The number of nitrogens with one attached hydrogen (secondary N) is 1. The molecule has 0 aliphatic carbocycles. The van der Waals surface area contributed by atoms with Crippen molar-refractivity contribution >= 4 is 11.7 Å². The molecule has 0 unspecified atom stereocenters. The molecule has 0 saturated heterocycles. The number of ether oxygens (including phenoxy) is 1. The summed E-state index contributed by atoms with van der Waals surface area (Å²) in [5, 5.41) is 14.2. The van der Waals surface area contributed by atoms with Gasteiger partial charge in [-0.2, -0.15) is 0 Å². The van der Waals surface area contributed by atoms with Gasteiger partial charge in [-0.15, -0.1) is 0 Å². The number of hydrogen-bond donors (Lipinski definition) is 1. The van der Waals surface area contributed by atoms with E-state index in [1.807, 2.05) is 0 Å². The third-order valence-corrected chi connectivity index (χ3v) is 3.75. The van der Waals surface area contributed by atoms with E-state index in [2.05, 4.69) is 5.10 Å². The predicted octanol–water partition coefficient (Wildman–Crippen LogP) is 2.92. The minimum atomic E-state index is -0.836. The molecule has 132 valence electrons. The van der Waals surface area contributed by atoms with Crippen LogP contribution < -0.4 is 5.56 Å². The Morgan fingerprint density at radius 2 is 1.81 bits per heavy atom. The first kappa shape index (κ1) is 17.2. The van der Waals surface area contributed by atoms with E-state index in [1.165, 1.54) is 18.2 Å². The minimum Gasteiger partial charge on any atom is -0.462 e. The van der Waals surface area contributed by atoms with E-state index in [1.54, 1.807) is 43.3 Å². The molecule has 2 aromatic carbocycles. The number of aromatic nitrogens is 2. The number of rotatable bonds is 5. The third-order valence-electron chi connectivity index (χ3n) is 3.75. The number of carbonyl (C=O) groups excluding carboxylic acids is 1. The zero-order valence-corrected chi connectivity index (χ0v) is 13.8. The van der Waals surface area contributed by atoms with E-state index in [0.717, 1.165) is 4.68 Å². The fourth-order valence-electron chi connectivity index (χ4n) is 2.63. The number of esters is 1. The Balaban J connectivity index is 2.30. The van der Waals surface area contributed by atoms with Crippen LogP contribution in [0, 0.1) is 10.1 Å². The smallest absolute Gasteiger partial charge is 0.346 e. The first-order chi connectivity index (χ1) is 12.5. The molecule has 3 aromatic rings. The molecule has 0 spiro atoms. The zero-order chi connectivity index (χ0) is 18.7. The van der Waals surface area contributed by atoms with Crippen LogP contribution in [0.1, 0.15) is 17.3 Å². The molecule has 8 nitrogen and oxygen atoms in total. The summed E-state index contributed by atoms with van der Waals surface area (Å²) < 4.78 is 6.14. The molecule has 26 heavy (non-hydrogen) atoms. The Morgan fingerprint density at radius 3 is 2.46 bits per heavy atom. The topological polar surface area (TPSA) is 107 Å². The van der Waals surface area contributed by atoms with E-state index in [0.29, 0.717) is 5.69 Å². The fraction of sp³-hybridized carbons (Fsp3) is 0.111.